The van der Waals surface area contributed by atoms with Crippen LogP contribution in [0.5, 0.6) is 0 Å². The van der Waals surface area contributed by atoms with Crippen molar-refractivity contribution >= 4 is 17.7 Å². The molecule has 0 fully saturated rings. The Kier molecular flexibility index (Phi) is 6.62. The molecule has 1 aromatic rings. The van der Waals surface area contributed by atoms with E-state index in [9.17, 15) is 22.8 Å². The number of alkyl halides is 3. The number of amides is 2. The summed E-state index contributed by atoms with van der Waals surface area (Å²) in [5.74, 6) is -0.352. The van der Waals surface area contributed by atoms with Gasteiger partial charge in [0.1, 0.15) is 6.61 Å². The first kappa shape index (κ1) is 19.8. The van der Waals surface area contributed by atoms with Crippen molar-refractivity contribution in [1.29, 1.82) is 0 Å². The van der Waals surface area contributed by atoms with Gasteiger partial charge in [-0.25, -0.2) is 4.79 Å². The van der Waals surface area contributed by atoms with E-state index in [1.165, 1.54) is 0 Å². The smallest absolute Gasteiger partial charge is 0.416 e. The van der Waals surface area contributed by atoms with Crippen LogP contribution in [0.4, 0.5) is 23.7 Å². The van der Waals surface area contributed by atoms with Gasteiger partial charge in [-0.3, -0.25) is 4.79 Å². The molecule has 134 valence electrons. The summed E-state index contributed by atoms with van der Waals surface area (Å²) in [5.41, 5.74) is -1.15. The lowest BCUT2D eigenvalue weighted by molar-refractivity contribution is -0.153. The van der Waals surface area contributed by atoms with Gasteiger partial charge >= 0.3 is 18.2 Å². The van der Waals surface area contributed by atoms with Crippen LogP contribution >= 0.6 is 0 Å². The molecule has 0 aliphatic heterocycles. The number of rotatable bonds is 6. The average Bonchev–Trinajstić information content (AvgIpc) is 2.50. The number of halogens is 3. The zero-order chi connectivity index (χ0) is 18.4. The fourth-order valence-electron chi connectivity index (χ4n) is 1.57. The van der Waals surface area contributed by atoms with Gasteiger partial charge in [-0.2, -0.15) is 13.2 Å². The average molecular weight is 346 g/mol. The van der Waals surface area contributed by atoms with E-state index in [0.717, 1.165) is 24.3 Å². The predicted molar refractivity (Wildman–Crippen MR) is 83.5 cm³/mol. The van der Waals surface area contributed by atoms with Gasteiger partial charge in [0.05, 0.1) is 17.5 Å². The second-order valence-electron chi connectivity index (χ2n) is 5.83. The molecule has 5 nitrogen and oxygen atoms in total. The van der Waals surface area contributed by atoms with E-state index in [2.05, 4.69) is 10.6 Å². The van der Waals surface area contributed by atoms with E-state index < -0.39 is 23.2 Å². The summed E-state index contributed by atoms with van der Waals surface area (Å²) in [6.45, 7) is 5.51. The Morgan fingerprint density at radius 2 is 1.71 bits per heavy atom. The predicted octanol–water partition coefficient (Wildman–Crippen LogP) is 3.81. The molecule has 0 heterocycles. The molecule has 0 unspecified atom stereocenters. The third-order valence-corrected chi connectivity index (χ3v) is 3.53. The Morgan fingerprint density at radius 1 is 1.12 bits per heavy atom. The molecule has 0 saturated heterocycles. The normalized spacial score (nSPS) is 11.8. The lowest BCUT2D eigenvalue weighted by Crippen LogP contribution is -2.34. The van der Waals surface area contributed by atoms with Gasteiger partial charge in [-0.1, -0.05) is 6.92 Å². The minimum atomic E-state index is -4.42. The van der Waals surface area contributed by atoms with Crippen molar-refractivity contribution in [2.24, 2.45) is 5.41 Å². The molecule has 8 heteroatoms. The number of anilines is 1. The van der Waals surface area contributed by atoms with E-state index in [1.54, 1.807) is 13.8 Å². The Balaban J connectivity index is 2.36. The van der Waals surface area contributed by atoms with Gasteiger partial charge in [-0.05, 0) is 44.5 Å². The van der Waals surface area contributed by atoms with Crippen molar-refractivity contribution in [3.63, 3.8) is 0 Å². The minimum absolute atomic E-state index is 0.0166. The number of ether oxygens (including phenoxy) is 1. The number of hydrogen-bond donors (Lipinski definition) is 2. The van der Waals surface area contributed by atoms with Crippen LogP contribution in [-0.2, 0) is 15.7 Å². The molecule has 2 N–H and O–H groups in total. The van der Waals surface area contributed by atoms with Gasteiger partial charge in [0.2, 0.25) is 0 Å². The van der Waals surface area contributed by atoms with E-state index in [4.69, 9.17) is 4.74 Å². The summed E-state index contributed by atoms with van der Waals surface area (Å²) >= 11 is 0. The van der Waals surface area contributed by atoms with Crippen molar-refractivity contribution in [3.8, 4) is 0 Å². The van der Waals surface area contributed by atoms with Gasteiger partial charge < -0.3 is 15.4 Å². The molecule has 0 spiro atoms. The third-order valence-electron chi connectivity index (χ3n) is 3.53. The van der Waals surface area contributed by atoms with Crippen molar-refractivity contribution in [2.75, 3.05) is 18.5 Å². The lowest BCUT2D eigenvalue weighted by Gasteiger charge is -2.20. The molecule has 1 rings (SSSR count). The van der Waals surface area contributed by atoms with Crippen LogP contribution in [0, 0.1) is 5.41 Å². The molecule has 0 atom stereocenters. The molecule has 1 aromatic carbocycles. The zero-order valence-corrected chi connectivity index (χ0v) is 13.8. The minimum Gasteiger partial charge on any atom is -0.463 e. The van der Waals surface area contributed by atoms with Gasteiger partial charge in [0.15, 0.2) is 0 Å². The summed E-state index contributed by atoms with van der Waals surface area (Å²) in [5, 5.41) is 4.84. The second-order valence-corrected chi connectivity index (χ2v) is 5.83. The number of carbonyl (C=O) groups is 2. The Morgan fingerprint density at radius 3 is 2.21 bits per heavy atom. The van der Waals surface area contributed by atoms with E-state index in [-0.39, 0.29) is 24.8 Å². The van der Waals surface area contributed by atoms with Crippen LogP contribution in [0.15, 0.2) is 24.3 Å². The van der Waals surface area contributed by atoms with Crippen LogP contribution in [0.25, 0.3) is 0 Å². The second kappa shape index (κ2) is 8.03. The fourth-order valence-corrected chi connectivity index (χ4v) is 1.57. The summed E-state index contributed by atoms with van der Waals surface area (Å²) in [6, 6.07) is 3.48. The standard InChI is InChI=1S/C16H21F3N2O3/c1-4-15(2,3)13(22)24-10-9-20-14(23)21-12-7-5-11(6-8-12)16(17,18)19/h5-8H,4,9-10H2,1-3H3,(H2,20,21,23). The summed E-state index contributed by atoms with van der Waals surface area (Å²) in [7, 11) is 0. The molecular weight excluding hydrogens is 325 g/mol. The van der Waals surface area contributed by atoms with Crippen LogP contribution in [0.1, 0.15) is 32.8 Å². The van der Waals surface area contributed by atoms with Crippen LogP contribution in [-0.4, -0.2) is 25.2 Å². The zero-order valence-electron chi connectivity index (χ0n) is 13.8. The lowest BCUT2D eigenvalue weighted by atomic mass is 9.91. The summed E-state index contributed by atoms with van der Waals surface area (Å²) < 4.78 is 42.3. The van der Waals surface area contributed by atoms with Crippen molar-refractivity contribution in [1.82, 2.24) is 5.32 Å². The maximum absolute atomic E-state index is 12.4. The van der Waals surface area contributed by atoms with Crippen LogP contribution in [0.2, 0.25) is 0 Å². The molecule has 0 bridgehead atoms. The molecule has 0 aromatic heterocycles. The van der Waals surface area contributed by atoms with Crippen molar-refractivity contribution in [3.05, 3.63) is 29.8 Å². The Labute approximate surface area is 138 Å². The van der Waals surface area contributed by atoms with Crippen molar-refractivity contribution < 1.29 is 27.5 Å². The number of hydrogen-bond acceptors (Lipinski definition) is 3. The number of carbonyl (C=O) groups excluding carboxylic acids is 2. The highest BCUT2D eigenvalue weighted by molar-refractivity contribution is 5.89. The highest BCUT2D eigenvalue weighted by Crippen LogP contribution is 2.29. The topological polar surface area (TPSA) is 67.4 Å². The SMILES string of the molecule is CCC(C)(C)C(=O)OCCNC(=O)Nc1ccc(C(F)(F)F)cc1. The molecule has 0 aliphatic carbocycles. The molecule has 0 saturated carbocycles. The monoisotopic (exact) mass is 346 g/mol. The van der Waals surface area contributed by atoms with Gasteiger partial charge in [0, 0.05) is 5.69 Å². The summed E-state index contributed by atoms with van der Waals surface area (Å²) in [6.07, 6.45) is -3.79. The highest BCUT2D eigenvalue weighted by Gasteiger charge is 2.30. The van der Waals surface area contributed by atoms with E-state index in [1.807, 2.05) is 6.92 Å². The molecule has 2 amide bonds. The van der Waals surface area contributed by atoms with Crippen LogP contribution in [0.3, 0.4) is 0 Å². The molecule has 24 heavy (non-hydrogen) atoms. The van der Waals surface area contributed by atoms with Crippen LogP contribution < -0.4 is 10.6 Å². The van der Waals surface area contributed by atoms with E-state index in [0.29, 0.717) is 6.42 Å². The number of benzene rings is 1. The highest BCUT2D eigenvalue weighted by atomic mass is 19.4. The van der Waals surface area contributed by atoms with Gasteiger partial charge in [0.25, 0.3) is 0 Å². The number of esters is 1. The number of nitrogens with one attached hydrogen (secondary N) is 2. The summed E-state index contributed by atoms with van der Waals surface area (Å²) in [4.78, 5) is 23.3. The van der Waals surface area contributed by atoms with Gasteiger partial charge in [-0.15, -0.1) is 0 Å². The van der Waals surface area contributed by atoms with E-state index >= 15 is 0 Å². The first-order valence-corrected chi connectivity index (χ1v) is 7.45. The Bertz CT molecular complexity index is 569. The maximum Gasteiger partial charge on any atom is 0.416 e. The number of urea groups is 1. The third kappa shape index (κ3) is 6.10. The quantitative estimate of drug-likeness (QED) is 0.608. The molecule has 0 radical (unpaired) electrons. The maximum atomic E-state index is 12.4. The molecule has 0 aliphatic rings. The fraction of sp³-hybridized carbons (Fsp3) is 0.500. The Hall–Kier alpha value is -2.25. The van der Waals surface area contributed by atoms with Crippen molar-refractivity contribution in [2.45, 2.75) is 33.4 Å². The first-order chi connectivity index (χ1) is 11.1. The molecular formula is C16H21F3N2O3. The largest absolute Gasteiger partial charge is 0.463 e. The first-order valence-electron chi connectivity index (χ1n) is 7.45.